The first kappa shape index (κ1) is 63.4. The van der Waals surface area contributed by atoms with Gasteiger partial charge in [0.15, 0.2) is 6.10 Å². The standard InChI is InChI=1S/C60H108O6/c1-4-7-10-13-16-19-22-25-28-30-32-35-38-41-44-47-50-53-59(62)65-56-57(55-64-58(61)52-49-46-43-40-37-34-27-24-21-18-15-12-9-6-3)66-60(63)54-51-48-45-42-39-36-33-31-29-26-23-20-17-14-11-8-5-2/h16-17,19-20,25-26,28-29,57H,4-15,18,21-24,27,30-56H2,1-3H3/b19-16-,20-17-,28-25-,29-26-. The summed E-state index contributed by atoms with van der Waals surface area (Å²) in [5.74, 6) is -0.878. The van der Waals surface area contributed by atoms with E-state index in [1.54, 1.807) is 0 Å². The molecule has 66 heavy (non-hydrogen) atoms. The Morgan fingerprint density at radius 2 is 0.545 bits per heavy atom. The van der Waals surface area contributed by atoms with Crippen LogP contribution in [0, 0.1) is 0 Å². The molecule has 0 fully saturated rings. The van der Waals surface area contributed by atoms with Crippen LogP contribution in [0.5, 0.6) is 0 Å². The Kier molecular flexibility index (Phi) is 52.8. The van der Waals surface area contributed by atoms with Crippen molar-refractivity contribution in [3.8, 4) is 0 Å². The molecule has 0 N–H and O–H groups in total. The van der Waals surface area contributed by atoms with Crippen molar-refractivity contribution in [2.24, 2.45) is 0 Å². The Morgan fingerprint density at radius 1 is 0.303 bits per heavy atom. The van der Waals surface area contributed by atoms with Gasteiger partial charge in [-0.05, 0) is 83.5 Å². The van der Waals surface area contributed by atoms with E-state index in [2.05, 4.69) is 69.4 Å². The van der Waals surface area contributed by atoms with E-state index in [0.717, 1.165) is 83.5 Å². The molecule has 0 aliphatic heterocycles. The van der Waals surface area contributed by atoms with Gasteiger partial charge in [0.25, 0.3) is 0 Å². The summed E-state index contributed by atoms with van der Waals surface area (Å²) in [6.45, 7) is 6.61. The lowest BCUT2D eigenvalue weighted by Gasteiger charge is -2.18. The van der Waals surface area contributed by atoms with Crippen LogP contribution in [-0.4, -0.2) is 37.2 Å². The highest BCUT2D eigenvalue weighted by molar-refractivity contribution is 5.71. The number of hydrogen-bond donors (Lipinski definition) is 0. The van der Waals surface area contributed by atoms with Crippen molar-refractivity contribution in [3.05, 3.63) is 48.6 Å². The quantitative estimate of drug-likeness (QED) is 0.0262. The first-order chi connectivity index (χ1) is 32.5. The lowest BCUT2D eigenvalue weighted by atomic mass is 10.0. The van der Waals surface area contributed by atoms with Crippen LogP contribution in [-0.2, 0) is 28.6 Å². The summed E-state index contributed by atoms with van der Waals surface area (Å²) < 4.78 is 16.9. The summed E-state index contributed by atoms with van der Waals surface area (Å²) in [5.41, 5.74) is 0. The van der Waals surface area contributed by atoms with Crippen molar-refractivity contribution in [2.75, 3.05) is 13.2 Å². The number of carbonyl (C=O) groups is 3. The summed E-state index contributed by atoms with van der Waals surface area (Å²) in [7, 11) is 0. The van der Waals surface area contributed by atoms with Gasteiger partial charge in [-0.2, -0.15) is 0 Å². The van der Waals surface area contributed by atoms with Crippen LogP contribution in [0.15, 0.2) is 48.6 Å². The van der Waals surface area contributed by atoms with Gasteiger partial charge in [-0.25, -0.2) is 0 Å². The minimum atomic E-state index is -0.778. The number of allylic oxidation sites excluding steroid dienone is 8. The van der Waals surface area contributed by atoms with E-state index in [1.165, 1.54) is 173 Å². The van der Waals surface area contributed by atoms with Gasteiger partial charge < -0.3 is 14.2 Å². The van der Waals surface area contributed by atoms with Crippen molar-refractivity contribution in [3.63, 3.8) is 0 Å². The van der Waals surface area contributed by atoms with Crippen LogP contribution in [0.25, 0.3) is 0 Å². The van der Waals surface area contributed by atoms with Crippen LogP contribution in [0.1, 0.15) is 297 Å². The first-order valence-corrected chi connectivity index (χ1v) is 28.6. The van der Waals surface area contributed by atoms with Gasteiger partial charge in [0.2, 0.25) is 0 Å². The zero-order valence-electron chi connectivity index (χ0n) is 44.0. The molecule has 0 aliphatic rings. The number of rotatable bonds is 52. The van der Waals surface area contributed by atoms with Gasteiger partial charge in [0, 0.05) is 19.3 Å². The molecule has 0 aromatic heterocycles. The Bertz CT molecular complexity index is 1150. The molecule has 1 unspecified atom stereocenters. The van der Waals surface area contributed by atoms with Crippen LogP contribution in [0.3, 0.4) is 0 Å². The Labute approximate surface area is 409 Å². The summed E-state index contributed by atoms with van der Waals surface area (Å²) >= 11 is 0. The lowest BCUT2D eigenvalue weighted by Crippen LogP contribution is -2.30. The molecule has 0 radical (unpaired) electrons. The average molecular weight is 926 g/mol. The minimum absolute atomic E-state index is 0.0760. The van der Waals surface area contributed by atoms with Gasteiger partial charge in [0.1, 0.15) is 13.2 Å². The van der Waals surface area contributed by atoms with Crippen LogP contribution in [0.4, 0.5) is 0 Å². The maximum atomic E-state index is 12.8. The third-order valence-corrected chi connectivity index (χ3v) is 12.6. The zero-order chi connectivity index (χ0) is 47.9. The molecule has 0 aromatic carbocycles. The predicted octanol–water partition coefficient (Wildman–Crippen LogP) is 19.0. The Morgan fingerprint density at radius 3 is 0.864 bits per heavy atom. The minimum Gasteiger partial charge on any atom is -0.462 e. The number of esters is 3. The molecular formula is C60H108O6. The van der Waals surface area contributed by atoms with Crippen molar-refractivity contribution in [1.29, 1.82) is 0 Å². The molecule has 0 saturated carbocycles. The molecule has 0 aliphatic carbocycles. The second-order valence-corrected chi connectivity index (χ2v) is 19.2. The van der Waals surface area contributed by atoms with E-state index in [0.29, 0.717) is 19.3 Å². The van der Waals surface area contributed by atoms with Gasteiger partial charge in [-0.15, -0.1) is 0 Å². The van der Waals surface area contributed by atoms with Gasteiger partial charge in [-0.1, -0.05) is 243 Å². The van der Waals surface area contributed by atoms with E-state index in [1.807, 2.05) is 0 Å². The second-order valence-electron chi connectivity index (χ2n) is 19.2. The molecular weight excluding hydrogens is 817 g/mol. The van der Waals surface area contributed by atoms with E-state index in [4.69, 9.17) is 14.2 Å². The predicted molar refractivity (Wildman–Crippen MR) is 284 cm³/mol. The van der Waals surface area contributed by atoms with E-state index < -0.39 is 6.10 Å². The molecule has 0 aromatic rings. The summed E-state index contributed by atoms with van der Waals surface area (Å²) in [4.78, 5) is 38.1. The van der Waals surface area contributed by atoms with Crippen molar-refractivity contribution in [2.45, 2.75) is 303 Å². The van der Waals surface area contributed by atoms with E-state index in [9.17, 15) is 14.4 Å². The third-order valence-electron chi connectivity index (χ3n) is 12.6. The molecule has 0 bridgehead atoms. The summed E-state index contributed by atoms with van der Waals surface area (Å²) in [5, 5.41) is 0. The van der Waals surface area contributed by atoms with Gasteiger partial charge in [0.05, 0.1) is 0 Å². The number of unbranched alkanes of at least 4 members (excludes halogenated alkanes) is 33. The van der Waals surface area contributed by atoms with E-state index in [-0.39, 0.29) is 31.1 Å². The molecule has 6 heteroatoms. The monoisotopic (exact) mass is 925 g/mol. The fraction of sp³-hybridized carbons (Fsp3) is 0.817. The molecule has 0 saturated heterocycles. The molecule has 0 heterocycles. The molecule has 384 valence electrons. The maximum Gasteiger partial charge on any atom is 0.306 e. The Hall–Kier alpha value is -2.63. The number of carbonyl (C=O) groups excluding carboxylic acids is 3. The normalized spacial score (nSPS) is 12.3. The second kappa shape index (κ2) is 55.0. The smallest absolute Gasteiger partial charge is 0.306 e. The van der Waals surface area contributed by atoms with Gasteiger partial charge >= 0.3 is 17.9 Å². The molecule has 1 atom stereocenters. The van der Waals surface area contributed by atoms with Crippen molar-refractivity contribution >= 4 is 17.9 Å². The molecule has 0 spiro atoms. The first-order valence-electron chi connectivity index (χ1n) is 28.6. The fourth-order valence-corrected chi connectivity index (χ4v) is 8.21. The van der Waals surface area contributed by atoms with Crippen LogP contribution < -0.4 is 0 Å². The van der Waals surface area contributed by atoms with Crippen molar-refractivity contribution < 1.29 is 28.6 Å². The largest absolute Gasteiger partial charge is 0.462 e. The topological polar surface area (TPSA) is 78.9 Å². The van der Waals surface area contributed by atoms with Gasteiger partial charge in [-0.3, -0.25) is 14.4 Å². The molecule has 0 amide bonds. The number of ether oxygens (including phenoxy) is 3. The number of hydrogen-bond acceptors (Lipinski definition) is 6. The Balaban J connectivity index is 4.38. The summed E-state index contributed by atoms with van der Waals surface area (Å²) in [6, 6.07) is 0. The zero-order valence-corrected chi connectivity index (χ0v) is 44.0. The highest BCUT2D eigenvalue weighted by atomic mass is 16.6. The van der Waals surface area contributed by atoms with Crippen molar-refractivity contribution in [1.82, 2.24) is 0 Å². The summed E-state index contributed by atoms with van der Waals surface area (Å²) in [6.07, 6.45) is 66.6. The average Bonchev–Trinajstić information content (AvgIpc) is 3.31. The highest BCUT2D eigenvalue weighted by Gasteiger charge is 2.19. The maximum absolute atomic E-state index is 12.8. The third kappa shape index (κ3) is 52.3. The van der Waals surface area contributed by atoms with E-state index >= 15 is 0 Å². The molecule has 0 rings (SSSR count). The molecule has 6 nitrogen and oxygen atoms in total. The van der Waals surface area contributed by atoms with Crippen LogP contribution >= 0.6 is 0 Å². The van der Waals surface area contributed by atoms with Crippen LogP contribution in [0.2, 0.25) is 0 Å². The highest BCUT2D eigenvalue weighted by Crippen LogP contribution is 2.16. The SMILES string of the molecule is CCCCC/C=C\C/C=C\CCCCCCCCCC(=O)OCC(COC(=O)CCCCCCCCCCCCCCCC)OC(=O)CCCCCCCCC/C=C\C/C=C\CCCCC. The lowest BCUT2D eigenvalue weighted by molar-refractivity contribution is -0.167. The fourth-order valence-electron chi connectivity index (χ4n) is 8.21.